The first-order chi connectivity index (χ1) is 11.0. The zero-order valence-corrected chi connectivity index (χ0v) is 13.9. The summed E-state index contributed by atoms with van der Waals surface area (Å²) in [6.45, 7) is 7.62. The van der Waals surface area contributed by atoms with Crippen LogP contribution in [0.4, 0.5) is 11.5 Å². The molecule has 2 heterocycles. The maximum absolute atomic E-state index is 12.5. The van der Waals surface area contributed by atoms with Gasteiger partial charge < -0.3 is 10.2 Å². The van der Waals surface area contributed by atoms with Gasteiger partial charge in [-0.05, 0) is 56.9 Å². The van der Waals surface area contributed by atoms with Crippen LogP contribution in [0.1, 0.15) is 40.3 Å². The van der Waals surface area contributed by atoms with Crippen LogP contribution in [-0.4, -0.2) is 33.9 Å². The van der Waals surface area contributed by atoms with Gasteiger partial charge in [0.1, 0.15) is 17.3 Å². The summed E-state index contributed by atoms with van der Waals surface area (Å²) in [7, 11) is 0. The van der Waals surface area contributed by atoms with Crippen molar-refractivity contribution in [2.45, 2.75) is 33.6 Å². The fourth-order valence-corrected chi connectivity index (χ4v) is 2.79. The minimum Gasteiger partial charge on any atom is -0.340 e. The molecular formula is C18H22N4O. The maximum Gasteiger partial charge on any atom is 0.272 e. The summed E-state index contributed by atoms with van der Waals surface area (Å²) in [5.74, 6) is 1.25. The number of benzene rings is 1. The van der Waals surface area contributed by atoms with Gasteiger partial charge in [-0.15, -0.1) is 0 Å². The van der Waals surface area contributed by atoms with E-state index >= 15 is 0 Å². The highest BCUT2D eigenvalue weighted by Gasteiger charge is 2.21. The summed E-state index contributed by atoms with van der Waals surface area (Å²) in [6, 6.07) is 7.90. The van der Waals surface area contributed by atoms with Gasteiger partial charge in [-0.25, -0.2) is 9.97 Å². The van der Waals surface area contributed by atoms with Gasteiger partial charge in [0, 0.05) is 24.8 Å². The molecule has 0 unspecified atom stereocenters. The van der Waals surface area contributed by atoms with E-state index < -0.39 is 0 Å². The Labute approximate surface area is 136 Å². The van der Waals surface area contributed by atoms with Gasteiger partial charge in [-0.2, -0.15) is 0 Å². The minimum absolute atomic E-state index is 0.00358. The molecule has 2 aromatic rings. The molecule has 1 aliphatic rings. The zero-order chi connectivity index (χ0) is 16.4. The van der Waals surface area contributed by atoms with E-state index in [0.717, 1.165) is 31.6 Å². The van der Waals surface area contributed by atoms with Crippen LogP contribution in [0.3, 0.4) is 0 Å². The number of rotatable bonds is 3. The summed E-state index contributed by atoms with van der Waals surface area (Å²) in [5.41, 5.74) is 3.89. The van der Waals surface area contributed by atoms with Crippen LogP contribution in [0.25, 0.3) is 0 Å². The highest BCUT2D eigenvalue weighted by atomic mass is 16.2. The molecule has 0 radical (unpaired) electrons. The molecule has 1 N–H and O–H groups in total. The summed E-state index contributed by atoms with van der Waals surface area (Å²) in [4.78, 5) is 23.1. The number of anilines is 2. The standard InChI is InChI=1S/C18H22N4O/c1-12-6-7-15(10-13(12)2)21-17-11-16(19-14(3)20-17)18(23)22-8-4-5-9-22/h6-7,10-11H,4-5,8-9H2,1-3H3,(H,19,20,21). The first-order valence-corrected chi connectivity index (χ1v) is 8.02. The van der Waals surface area contributed by atoms with Crippen molar-refractivity contribution in [3.8, 4) is 0 Å². The second-order valence-corrected chi connectivity index (χ2v) is 6.11. The van der Waals surface area contributed by atoms with Gasteiger partial charge in [-0.1, -0.05) is 6.07 Å². The van der Waals surface area contributed by atoms with Crippen LogP contribution in [0.5, 0.6) is 0 Å². The summed E-state index contributed by atoms with van der Waals surface area (Å²) >= 11 is 0. The van der Waals surface area contributed by atoms with Crippen molar-refractivity contribution < 1.29 is 4.79 Å². The van der Waals surface area contributed by atoms with Crippen LogP contribution >= 0.6 is 0 Å². The number of amides is 1. The van der Waals surface area contributed by atoms with Gasteiger partial charge in [-0.3, -0.25) is 4.79 Å². The van der Waals surface area contributed by atoms with E-state index in [2.05, 4.69) is 41.3 Å². The third-order valence-electron chi connectivity index (χ3n) is 4.23. The monoisotopic (exact) mass is 310 g/mol. The van der Waals surface area contributed by atoms with E-state index in [1.807, 2.05) is 17.9 Å². The number of carbonyl (C=O) groups excluding carboxylic acids is 1. The van der Waals surface area contributed by atoms with E-state index in [1.54, 1.807) is 6.07 Å². The molecule has 1 aromatic carbocycles. The Hall–Kier alpha value is -2.43. The lowest BCUT2D eigenvalue weighted by atomic mass is 10.1. The number of aromatic nitrogens is 2. The smallest absolute Gasteiger partial charge is 0.272 e. The Morgan fingerprint density at radius 1 is 1.04 bits per heavy atom. The maximum atomic E-state index is 12.5. The van der Waals surface area contributed by atoms with E-state index in [-0.39, 0.29) is 5.91 Å². The summed E-state index contributed by atoms with van der Waals surface area (Å²) in [6.07, 6.45) is 2.15. The van der Waals surface area contributed by atoms with Crippen molar-refractivity contribution in [3.05, 3.63) is 46.9 Å². The molecule has 5 nitrogen and oxygen atoms in total. The van der Waals surface area contributed by atoms with Gasteiger partial charge in [0.05, 0.1) is 0 Å². The predicted octanol–water partition coefficient (Wildman–Crippen LogP) is 3.38. The number of hydrogen-bond acceptors (Lipinski definition) is 4. The summed E-state index contributed by atoms with van der Waals surface area (Å²) < 4.78 is 0. The number of aryl methyl sites for hydroxylation is 3. The van der Waals surface area contributed by atoms with Crippen molar-refractivity contribution in [2.24, 2.45) is 0 Å². The van der Waals surface area contributed by atoms with Crippen LogP contribution in [0, 0.1) is 20.8 Å². The van der Waals surface area contributed by atoms with E-state index in [1.165, 1.54) is 11.1 Å². The van der Waals surface area contributed by atoms with E-state index in [0.29, 0.717) is 17.3 Å². The van der Waals surface area contributed by atoms with Crippen molar-refractivity contribution in [3.63, 3.8) is 0 Å². The van der Waals surface area contributed by atoms with Crippen LogP contribution < -0.4 is 5.32 Å². The third kappa shape index (κ3) is 3.50. The van der Waals surface area contributed by atoms with Gasteiger partial charge in [0.25, 0.3) is 5.91 Å². The Kier molecular flexibility index (Phi) is 4.28. The SMILES string of the molecule is Cc1nc(Nc2ccc(C)c(C)c2)cc(C(=O)N2CCCC2)n1. The molecule has 120 valence electrons. The molecule has 0 saturated carbocycles. The minimum atomic E-state index is -0.00358. The molecule has 5 heteroatoms. The van der Waals surface area contributed by atoms with Crippen molar-refractivity contribution >= 4 is 17.4 Å². The van der Waals surface area contributed by atoms with Crippen LogP contribution in [0.2, 0.25) is 0 Å². The Bertz CT molecular complexity index is 736. The first-order valence-electron chi connectivity index (χ1n) is 8.02. The topological polar surface area (TPSA) is 58.1 Å². The van der Waals surface area contributed by atoms with Crippen molar-refractivity contribution in [1.82, 2.24) is 14.9 Å². The average Bonchev–Trinajstić information content (AvgIpc) is 3.04. The summed E-state index contributed by atoms with van der Waals surface area (Å²) in [5, 5.41) is 3.28. The molecular weight excluding hydrogens is 288 g/mol. The van der Waals surface area contributed by atoms with Gasteiger partial charge in [0.2, 0.25) is 0 Å². The second-order valence-electron chi connectivity index (χ2n) is 6.11. The Morgan fingerprint density at radius 3 is 2.48 bits per heavy atom. The van der Waals surface area contributed by atoms with E-state index in [9.17, 15) is 4.79 Å². The van der Waals surface area contributed by atoms with Crippen LogP contribution in [0.15, 0.2) is 24.3 Å². The van der Waals surface area contributed by atoms with Crippen molar-refractivity contribution in [1.29, 1.82) is 0 Å². The normalized spacial score (nSPS) is 14.1. The molecule has 0 bridgehead atoms. The highest BCUT2D eigenvalue weighted by molar-refractivity contribution is 5.93. The Balaban J connectivity index is 1.84. The predicted molar refractivity (Wildman–Crippen MR) is 91.1 cm³/mol. The quantitative estimate of drug-likeness (QED) is 0.944. The lowest BCUT2D eigenvalue weighted by molar-refractivity contribution is 0.0786. The molecule has 1 aliphatic heterocycles. The average molecular weight is 310 g/mol. The van der Waals surface area contributed by atoms with Crippen LogP contribution in [-0.2, 0) is 0 Å². The molecule has 0 spiro atoms. The molecule has 1 saturated heterocycles. The molecule has 1 aromatic heterocycles. The fourth-order valence-electron chi connectivity index (χ4n) is 2.79. The lowest BCUT2D eigenvalue weighted by Crippen LogP contribution is -2.28. The first kappa shape index (κ1) is 15.5. The number of carbonyl (C=O) groups is 1. The van der Waals surface area contributed by atoms with Gasteiger partial charge >= 0.3 is 0 Å². The molecule has 23 heavy (non-hydrogen) atoms. The molecule has 3 rings (SSSR count). The Morgan fingerprint density at radius 2 is 1.78 bits per heavy atom. The number of nitrogens with zero attached hydrogens (tertiary/aromatic N) is 3. The third-order valence-corrected chi connectivity index (χ3v) is 4.23. The molecule has 0 atom stereocenters. The molecule has 1 amide bonds. The molecule has 1 fully saturated rings. The molecule has 0 aliphatic carbocycles. The zero-order valence-electron chi connectivity index (χ0n) is 13.9. The lowest BCUT2D eigenvalue weighted by Gasteiger charge is -2.15. The van der Waals surface area contributed by atoms with Crippen molar-refractivity contribution in [2.75, 3.05) is 18.4 Å². The van der Waals surface area contributed by atoms with Gasteiger partial charge in [0.15, 0.2) is 0 Å². The van der Waals surface area contributed by atoms with E-state index in [4.69, 9.17) is 0 Å². The number of likely N-dealkylation sites (tertiary alicyclic amines) is 1. The second kappa shape index (κ2) is 6.36. The number of hydrogen-bond donors (Lipinski definition) is 1. The fraction of sp³-hybridized carbons (Fsp3) is 0.389. The highest BCUT2D eigenvalue weighted by Crippen LogP contribution is 2.20. The number of nitrogens with one attached hydrogen (secondary N) is 1. The largest absolute Gasteiger partial charge is 0.340 e.